The Bertz CT molecular complexity index is 1030. The van der Waals surface area contributed by atoms with Gasteiger partial charge in [0.2, 0.25) is 0 Å². The molecule has 0 N–H and O–H groups in total. The monoisotopic (exact) mass is 468 g/mol. The molecule has 0 radical (unpaired) electrons. The molecule has 3 rings (SSSR count). The molecule has 10 heteroatoms. The van der Waals surface area contributed by atoms with Gasteiger partial charge in [0.25, 0.3) is 11.6 Å². The normalized spacial score (nSPS) is 15.3. The largest absolute Gasteiger partial charge is 0.487 e. The van der Waals surface area contributed by atoms with Gasteiger partial charge in [-0.3, -0.25) is 19.8 Å². The van der Waals surface area contributed by atoms with Gasteiger partial charge in [0, 0.05) is 29.3 Å². The molecule has 0 saturated carbocycles. The van der Waals surface area contributed by atoms with Crippen molar-refractivity contribution in [3.8, 4) is 5.75 Å². The summed E-state index contributed by atoms with van der Waals surface area (Å²) in [4.78, 5) is 24.8. The van der Waals surface area contributed by atoms with Gasteiger partial charge in [-0.1, -0.05) is 47.2 Å². The molecule has 150 valence electrons. The molecule has 29 heavy (non-hydrogen) atoms. The Morgan fingerprint density at radius 1 is 1.28 bits per heavy atom. The first-order chi connectivity index (χ1) is 13.8. The van der Waals surface area contributed by atoms with Crippen molar-refractivity contribution in [1.29, 1.82) is 0 Å². The maximum atomic E-state index is 12.5. The number of hydrogen-bond acceptors (Lipinski definition) is 6. The Balaban J connectivity index is 1.88. The highest BCUT2D eigenvalue weighted by Crippen LogP contribution is 2.38. The van der Waals surface area contributed by atoms with Crippen LogP contribution >= 0.6 is 47.2 Å². The summed E-state index contributed by atoms with van der Waals surface area (Å²) in [6, 6.07) is 9.21. The van der Waals surface area contributed by atoms with Crippen molar-refractivity contribution >= 4 is 69.2 Å². The van der Waals surface area contributed by atoms with E-state index in [1.807, 2.05) is 6.92 Å². The third kappa shape index (κ3) is 4.90. The number of rotatable bonds is 6. The lowest BCUT2D eigenvalue weighted by Crippen LogP contribution is -2.27. The first kappa shape index (κ1) is 21.6. The average molecular weight is 469 g/mol. The predicted octanol–water partition coefficient (Wildman–Crippen LogP) is 5.70. The number of carbonyl (C=O) groups is 1. The number of ether oxygens (including phenoxy) is 1. The number of halogens is 2. The first-order valence-corrected chi connectivity index (χ1v) is 10.4. The van der Waals surface area contributed by atoms with Crippen LogP contribution in [0.4, 0.5) is 5.69 Å². The Morgan fingerprint density at radius 2 is 1.97 bits per heavy atom. The fourth-order valence-corrected chi connectivity index (χ4v) is 4.56. The van der Waals surface area contributed by atoms with E-state index in [-0.39, 0.29) is 23.2 Å². The van der Waals surface area contributed by atoms with Crippen LogP contribution < -0.4 is 4.74 Å². The van der Waals surface area contributed by atoms with Crippen molar-refractivity contribution < 1.29 is 14.5 Å². The Morgan fingerprint density at radius 3 is 2.55 bits per heavy atom. The minimum atomic E-state index is -0.467. The van der Waals surface area contributed by atoms with E-state index in [0.29, 0.717) is 32.1 Å². The molecule has 0 aromatic heterocycles. The zero-order chi connectivity index (χ0) is 21.1. The van der Waals surface area contributed by atoms with E-state index in [4.69, 9.17) is 40.2 Å². The Kier molecular flexibility index (Phi) is 6.79. The van der Waals surface area contributed by atoms with Gasteiger partial charge in [0.1, 0.15) is 16.7 Å². The maximum Gasteiger partial charge on any atom is 0.269 e. The Hall–Kier alpha value is -2.13. The second-order valence-electron chi connectivity index (χ2n) is 5.94. The molecule has 1 fully saturated rings. The molecular formula is C19H14Cl2N2O4S2. The lowest BCUT2D eigenvalue weighted by Gasteiger charge is -2.13. The standard InChI is InChI=1S/C19H14Cl2N2O4S2/c1-2-22-18(24)16(29-19(22)28)8-12-7-13(20)9-15(21)17(12)27-10-11-3-5-14(6-4-11)23(25)26/h3-9H,2,10H2,1H3/b16-8-. The number of thioether (sulfide) groups is 1. The zero-order valence-corrected chi connectivity index (χ0v) is 18.2. The number of carbonyl (C=O) groups excluding carboxylic acids is 1. The summed E-state index contributed by atoms with van der Waals surface area (Å²) in [7, 11) is 0. The molecule has 1 aliphatic rings. The quantitative estimate of drug-likeness (QED) is 0.234. The third-order valence-corrected chi connectivity index (χ3v) is 5.92. The van der Waals surface area contributed by atoms with E-state index >= 15 is 0 Å². The molecule has 0 aliphatic carbocycles. The molecule has 0 bridgehead atoms. The number of likely N-dealkylation sites (N-methyl/N-ethyl adjacent to an activating group) is 1. The number of non-ortho nitro benzene ring substituents is 1. The molecule has 2 aromatic carbocycles. The average Bonchev–Trinajstić information content (AvgIpc) is 2.94. The van der Waals surface area contributed by atoms with Crippen LogP contribution in [0.3, 0.4) is 0 Å². The lowest BCUT2D eigenvalue weighted by atomic mass is 10.1. The molecule has 0 unspecified atom stereocenters. The van der Waals surface area contributed by atoms with Crippen LogP contribution in [0.25, 0.3) is 6.08 Å². The van der Waals surface area contributed by atoms with Gasteiger partial charge in [-0.2, -0.15) is 0 Å². The van der Waals surface area contributed by atoms with Crippen LogP contribution in [0.15, 0.2) is 41.3 Å². The van der Waals surface area contributed by atoms with E-state index in [1.165, 1.54) is 28.8 Å². The smallest absolute Gasteiger partial charge is 0.269 e. The number of nitrogens with zero attached hydrogens (tertiary/aromatic N) is 2. The van der Waals surface area contributed by atoms with Crippen LogP contribution in [0.2, 0.25) is 10.0 Å². The summed E-state index contributed by atoms with van der Waals surface area (Å²) in [5.74, 6) is 0.177. The summed E-state index contributed by atoms with van der Waals surface area (Å²) in [5.41, 5.74) is 1.27. The molecular weight excluding hydrogens is 455 g/mol. The maximum absolute atomic E-state index is 12.5. The van der Waals surface area contributed by atoms with Gasteiger partial charge in [-0.05, 0) is 42.8 Å². The predicted molar refractivity (Wildman–Crippen MR) is 119 cm³/mol. The fourth-order valence-electron chi connectivity index (χ4n) is 2.62. The van der Waals surface area contributed by atoms with Crippen molar-refractivity contribution in [1.82, 2.24) is 4.90 Å². The molecule has 1 aliphatic heterocycles. The second-order valence-corrected chi connectivity index (χ2v) is 8.46. The molecule has 1 saturated heterocycles. The number of nitro groups is 1. The number of nitro benzene ring substituents is 1. The van der Waals surface area contributed by atoms with Gasteiger partial charge in [-0.15, -0.1) is 0 Å². The van der Waals surface area contributed by atoms with Crippen molar-refractivity contribution in [3.05, 3.63) is 72.6 Å². The zero-order valence-electron chi connectivity index (χ0n) is 15.1. The van der Waals surface area contributed by atoms with E-state index in [9.17, 15) is 14.9 Å². The molecule has 6 nitrogen and oxygen atoms in total. The van der Waals surface area contributed by atoms with Crippen LogP contribution in [0.1, 0.15) is 18.1 Å². The van der Waals surface area contributed by atoms with Gasteiger partial charge in [0.15, 0.2) is 0 Å². The number of thiocarbonyl (C=S) groups is 1. The highest BCUT2D eigenvalue weighted by atomic mass is 35.5. The molecule has 0 spiro atoms. The van der Waals surface area contributed by atoms with Gasteiger partial charge >= 0.3 is 0 Å². The van der Waals surface area contributed by atoms with E-state index in [2.05, 4.69) is 0 Å². The van der Waals surface area contributed by atoms with Gasteiger partial charge in [-0.25, -0.2) is 0 Å². The summed E-state index contributed by atoms with van der Waals surface area (Å²) in [6.45, 7) is 2.47. The van der Waals surface area contributed by atoms with E-state index in [0.717, 1.165) is 5.56 Å². The third-order valence-electron chi connectivity index (χ3n) is 4.04. The fraction of sp³-hybridized carbons (Fsp3) is 0.158. The molecule has 0 atom stereocenters. The van der Waals surface area contributed by atoms with Crippen molar-refractivity contribution in [2.75, 3.05) is 6.54 Å². The van der Waals surface area contributed by atoms with Gasteiger partial charge in [0.05, 0.1) is 14.9 Å². The Labute approximate surface area is 186 Å². The summed E-state index contributed by atoms with van der Waals surface area (Å²) in [6.07, 6.45) is 1.65. The highest BCUT2D eigenvalue weighted by Gasteiger charge is 2.31. The van der Waals surface area contributed by atoms with Crippen LogP contribution in [-0.4, -0.2) is 26.6 Å². The lowest BCUT2D eigenvalue weighted by molar-refractivity contribution is -0.384. The first-order valence-electron chi connectivity index (χ1n) is 8.40. The van der Waals surface area contributed by atoms with Crippen molar-refractivity contribution in [2.24, 2.45) is 0 Å². The molecule has 1 heterocycles. The molecule has 2 aromatic rings. The van der Waals surface area contributed by atoms with Crippen molar-refractivity contribution in [3.63, 3.8) is 0 Å². The number of benzene rings is 2. The van der Waals surface area contributed by atoms with E-state index < -0.39 is 4.92 Å². The van der Waals surface area contributed by atoms with Gasteiger partial charge < -0.3 is 4.74 Å². The topological polar surface area (TPSA) is 72.7 Å². The minimum absolute atomic E-state index is 0.00286. The van der Waals surface area contributed by atoms with Crippen LogP contribution in [-0.2, 0) is 11.4 Å². The van der Waals surface area contributed by atoms with Crippen molar-refractivity contribution in [2.45, 2.75) is 13.5 Å². The number of hydrogen-bond donors (Lipinski definition) is 0. The van der Waals surface area contributed by atoms with Crippen LogP contribution in [0.5, 0.6) is 5.75 Å². The summed E-state index contributed by atoms with van der Waals surface area (Å²) >= 11 is 18.9. The molecule has 1 amide bonds. The highest BCUT2D eigenvalue weighted by molar-refractivity contribution is 8.26. The SMILES string of the molecule is CCN1C(=O)/C(=C/c2cc(Cl)cc(Cl)c2OCc2ccc([N+](=O)[O-])cc2)SC1=S. The second kappa shape index (κ2) is 9.13. The number of amides is 1. The van der Waals surface area contributed by atoms with Crippen LogP contribution in [0, 0.1) is 10.1 Å². The summed E-state index contributed by atoms with van der Waals surface area (Å²) in [5, 5.41) is 11.5. The van der Waals surface area contributed by atoms with E-state index in [1.54, 1.807) is 30.3 Å². The summed E-state index contributed by atoms with van der Waals surface area (Å²) < 4.78 is 6.35. The minimum Gasteiger partial charge on any atom is -0.487 e.